The summed E-state index contributed by atoms with van der Waals surface area (Å²) in [5, 5.41) is 2.95. The molecule has 1 aliphatic rings. The minimum absolute atomic E-state index is 0.0806. The first-order valence-electron chi connectivity index (χ1n) is 7.89. The van der Waals surface area contributed by atoms with Gasteiger partial charge < -0.3 is 15.2 Å². The van der Waals surface area contributed by atoms with Crippen molar-refractivity contribution in [2.45, 2.75) is 19.9 Å². The number of carbonyl (C=O) groups is 1. The Morgan fingerprint density at radius 2 is 2.26 bits per heavy atom. The van der Waals surface area contributed by atoms with E-state index in [0.29, 0.717) is 13.1 Å². The summed E-state index contributed by atoms with van der Waals surface area (Å²) in [6.07, 6.45) is 5.27. The average molecular weight is 314 g/mol. The summed E-state index contributed by atoms with van der Waals surface area (Å²) in [5.74, 6) is 0.907. The van der Waals surface area contributed by atoms with E-state index in [-0.39, 0.29) is 12.1 Å². The van der Waals surface area contributed by atoms with Crippen LogP contribution in [-0.2, 0) is 0 Å². The smallest absolute Gasteiger partial charge is 0.321 e. The fourth-order valence-corrected chi connectivity index (χ4v) is 2.93. The highest BCUT2D eigenvalue weighted by molar-refractivity contribution is 5.89. The number of hydrogen-bond donors (Lipinski definition) is 2. The van der Waals surface area contributed by atoms with Crippen LogP contribution in [0.1, 0.15) is 24.5 Å². The van der Waals surface area contributed by atoms with Crippen LogP contribution in [0.3, 0.4) is 0 Å². The van der Waals surface area contributed by atoms with Crippen LogP contribution >= 0.6 is 0 Å². The van der Waals surface area contributed by atoms with E-state index in [4.69, 9.17) is 0 Å². The van der Waals surface area contributed by atoms with Crippen molar-refractivity contribution in [1.82, 2.24) is 24.8 Å². The lowest BCUT2D eigenvalue weighted by Gasteiger charge is -2.39. The average Bonchev–Trinajstić information content (AvgIpc) is 3.08. The van der Waals surface area contributed by atoms with Crippen LogP contribution in [0, 0.1) is 6.92 Å². The minimum Gasteiger partial charge on any atom is -0.347 e. The van der Waals surface area contributed by atoms with Gasteiger partial charge in [-0.2, -0.15) is 0 Å². The predicted octanol–water partition coefficient (Wildman–Crippen LogP) is 2.02. The Bertz CT molecular complexity index is 656. The number of H-pyrrole nitrogens is 1. The minimum atomic E-state index is -0.0806. The van der Waals surface area contributed by atoms with Crippen LogP contribution in [0.25, 0.3) is 0 Å². The second-order valence-corrected chi connectivity index (χ2v) is 5.68. The molecule has 0 aliphatic carbocycles. The molecule has 1 atom stereocenters. The van der Waals surface area contributed by atoms with Crippen molar-refractivity contribution in [2.75, 3.05) is 31.5 Å². The lowest BCUT2D eigenvalue weighted by Crippen LogP contribution is -2.51. The van der Waals surface area contributed by atoms with Crippen molar-refractivity contribution in [3.8, 4) is 0 Å². The van der Waals surface area contributed by atoms with E-state index in [1.165, 1.54) is 0 Å². The number of urea groups is 1. The van der Waals surface area contributed by atoms with E-state index in [2.05, 4.69) is 32.1 Å². The molecular formula is C16H22N6O. The van der Waals surface area contributed by atoms with Gasteiger partial charge in [-0.05, 0) is 25.6 Å². The maximum absolute atomic E-state index is 12.5. The molecule has 0 radical (unpaired) electrons. The third kappa shape index (κ3) is 3.50. The fraction of sp³-hybridized carbons (Fsp3) is 0.438. The Balaban J connectivity index is 1.69. The highest BCUT2D eigenvalue weighted by Crippen LogP contribution is 2.23. The summed E-state index contributed by atoms with van der Waals surface area (Å²) < 4.78 is 0. The van der Waals surface area contributed by atoms with E-state index in [1.54, 1.807) is 18.5 Å². The first kappa shape index (κ1) is 15.5. The normalized spacial score (nSPS) is 18.9. The van der Waals surface area contributed by atoms with E-state index in [0.717, 1.165) is 30.3 Å². The molecule has 2 N–H and O–H groups in total. The lowest BCUT2D eigenvalue weighted by atomic mass is 10.1. The van der Waals surface area contributed by atoms with Crippen LogP contribution in [-0.4, -0.2) is 57.0 Å². The molecule has 122 valence electrons. The van der Waals surface area contributed by atoms with Gasteiger partial charge in [-0.15, -0.1) is 0 Å². The maximum Gasteiger partial charge on any atom is 0.321 e. The van der Waals surface area contributed by atoms with Crippen LogP contribution in [0.2, 0.25) is 0 Å². The van der Waals surface area contributed by atoms with Gasteiger partial charge in [-0.3, -0.25) is 9.88 Å². The monoisotopic (exact) mass is 314 g/mol. The number of likely N-dealkylation sites (N-methyl/N-ethyl adjacent to an activating group) is 1. The molecule has 0 bridgehead atoms. The maximum atomic E-state index is 12.5. The first-order chi connectivity index (χ1) is 11.2. The number of hydrogen-bond acceptors (Lipinski definition) is 4. The Labute approximate surface area is 135 Å². The van der Waals surface area contributed by atoms with Crippen LogP contribution in [0.15, 0.2) is 30.7 Å². The second-order valence-electron chi connectivity index (χ2n) is 5.68. The summed E-state index contributed by atoms with van der Waals surface area (Å²) in [6.45, 7) is 7.14. The molecule has 0 saturated carbocycles. The number of anilines is 1. The first-order valence-corrected chi connectivity index (χ1v) is 7.89. The molecule has 7 nitrogen and oxygen atoms in total. The zero-order valence-corrected chi connectivity index (χ0v) is 13.5. The predicted molar refractivity (Wildman–Crippen MR) is 88.1 cm³/mol. The van der Waals surface area contributed by atoms with Crippen LogP contribution in [0.4, 0.5) is 10.5 Å². The molecule has 2 amide bonds. The molecule has 0 unspecified atom stereocenters. The van der Waals surface area contributed by atoms with Crippen molar-refractivity contribution in [3.63, 3.8) is 0 Å². The van der Waals surface area contributed by atoms with Crippen molar-refractivity contribution < 1.29 is 4.79 Å². The number of carbonyl (C=O) groups excluding carboxylic acids is 1. The summed E-state index contributed by atoms with van der Waals surface area (Å²) in [4.78, 5) is 28.4. The SMILES string of the molecule is CCN1CCN(C(=O)Nc2ccnc(C)c2)C[C@H]1c1ncc[nH]1. The number of rotatable bonds is 3. The number of imidazole rings is 1. The molecule has 3 rings (SSSR count). The summed E-state index contributed by atoms with van der Waals surface area (Å²) in [5.41, 5.74) is 1.65. The van der Waals surface area contributed by atoms with Gasteiger partial charge in [-0.25, -0.2) is 9.78 Å². The summed E-state index contributed by atoms with van der Waals surface area (Å²) in [7, 11) is 0. The van der Waals surface area contributed by atoms with Gasteiger partial charge >= 0.3 is 6.03 Å². The number of aromatic amines is 1. The molecule has 0 aromatic carbocycles. The molecule has 2 aromatic rings. The second kappa shape index (κ2) is 6.78. The standard InChI is InChI=1S/C16H22N6O/c1-3-21-8-9-22(11-14(21)15-18-6-7-19-15)16(23)20-13-4-5-17-12(2)10-13/h4-7,10,14H,3,8-9,11H2,1-2H3,(H,18,19)(H,17,20,23)/t14-/m0/s1. The van der Waals surface area contributed by atoms with E-state index in [9.17, 15) is 4.79 Å². The summed E-state index contributed by atoms with van der Waals surface area (Å²) >= 11 is 0. The van der Waals surface area contributed by atoms with Gasteiger partial charge in [0.05, 0.1) is 6.04 Å². The number of pyridine rings is 1. The van der Waals surface area contributed by atoms with Crippen LogP contribution < -0.4 is 5.32 Å². The van der Waals surface area contributed by atoms with Gasteiger partial charge in [0.25, 0.3) is 0 Å². The van der Waals surface area contributed by atoms with Gasteiger partial charge in [0.2, 0.25) is 0 Å². The van der Waals surface area contributed by atoms with E-state index < -0.39 is 0 Å². The highest BCUT2D eigenvalue weighted by atomic mass is 16.2. The Kier molecular flexibility index (Phi) is 4.57. The zero-order valence-electron chi connectivity index (χ0n) is 13.5. The fourth-order valence-electron chi connectivity index (χ4n) is 2.93. The number of amides is 2. The molecule has 23 heavy (non-hydrogen) atoms. The van der Waals surface area contributed by atoms with Crippen molar-refractivity contribution in [2.24, 2.45) is 0 Å². The molecule has 7 heteroatoms. The molecule has 1 aliphatic heterocycles. The molecular weight excluding hydrogens is 292 g/mol. The quantitative estimate of drug-likeness (QED) is 0.908. The Morgan fingerprint density at radius 1 is 1.39 bits per heavy atom. The van der Waals surface area contributed by atoms with E-state index >= 15 is 0 Å². The van der Waals surface area contributed by atoms with Gasteiger partial charge in [0.1, 0.15) is 5.82 Å². The van der Waals surface area contributed by atoms with Crippen molar-refractivity contribution >= 4 is 11.7 Å². The number of aryl methyl sites for hydroxylation is 1. The largest absolute Gasteiger partial charge is 0.347 e. The number of nitrogens with one attached hydrogen (secondary N) is 2. The molecule has 1 fully saturated rings. The van der Waals surface area contributed by atoms with Crippen molar-refractivity contribution in [1.29, 1.82) is 0 Å². The number of aromatic nitrogens is 3. The third-order valence-corrected chi connectivity index (χ3v) is 4.17. The molecule has 2 aromatic heterocycles. The van der Waals surface area contributed by atoms with Gasteiger partial charge in [0, 0.05) is 49.6 Å². The Hall–Kier alpha value is -2.41. The number of nitrogens with zero attached hydrogens (tertiary/aromatic N) is 4. The Morgan fingerprint density at radius 3 is 2.96 bits per heavy atom. The van der Waals surface area contributed by atoms with Crippen LogP contribution in [0.5, 0.6) is 0 Å². The lowest BCUT2D eigenvalue weighted by molar-refractivity contribution is 0.0946. The topological polar surface area (TPSA) is 77.2 Å². The number of piperazine rings is 1. The van der Waals surface area contributed by atoms with Gasteiger partial charge in [-0.1, -0.05) is 6.92 Å². The molecule has 1 saturated heterocycles. The third-order valence-electron chi connectivity index (χ3n) is 4.17. The van der Waals surface area contributed by atoms with E-state index in [1.807, 2.05) is 24.1 Å². The molecule has 0 spiro atoms. The van der Waals surface area contributed by atoms with Crippen molar-refractivity contribution in [3.05, 3.63) is 42.2 Å². The van der Waals surface area contributed by atoms with Gasteiger partial charge in [0.15, 0.2) is 0 Å². The summed E-state index contributed by atoms with van der Waals surface area (Å²) in [6, 6.07) is 3.69. The zero-order chi connectivity index (χ0) is 16.2. The highest BCUT2D eigenvalue weighted by Gasteiger charge is 2.31. The molecule has 3 heterocycles.